The lowest BCUT2D eigenvalue weighted by Crippen LogP contribution is -2.28. The summed E-state index contributed by atoms with van der Waals surface area (Å²) in [5, 5.41) is 20.4. The molecule has 0 atom stereocenters. The maximum Gasteiger partial charge on any atom is 0.295 e. The number of hydrogen-bond donors (Lipinski definition) is 3. The predicted octanol–water partition coefficient (Wildman–Crippen LogP) is 1.12. The maximum absolute atomic E-state index is 11.3. The molecule has 0 unspecified atom stereocenters. The Kier molecular flexibility index (Phi) is 3.42. The standard InChI is InChI=1S/C13H12O5S/c14-13(15,10-6-2-1-3-7-10)11-8-4-5-9-12(11)19(16,17)18/h1-9,14-15H,(H,16,17,18). The third-order valence-corrected chi connectivity index (χ3v) is 3.63. The molecule has 0 spiro atoms. The molecular weight excluding hydrogens is 268 g/mol. The fraction of sp³-hybridized carbons (Fsp3) is 0.0769. The van der Waals surface area contributed by atoms with Gasteiger partial charge < -0.3 is 10.2 Å². The fourth-order valence-electron chi connectivity index (χ4n) is 1.81. The van der Waals surface area contributed by atoms with Crippen LogP contribution in [-0.4, -0.2) is 23.2 Å². The first kappa shape index (κ1) is 13.7. The van der Waals surface area contributed by atoms with Crippen LogP contribution < -0.4 is 0 Å². The molecule has 0 amide bonds. The van der Waals surface area contributed by atoms with Gasteiger partial charge in [0.05, 0.1) is 0 Å². The van der Waals surface area contributed by atoms with E-state index in [0.717, 1.165) is 6.07 Å². The van der Waals surface area contributed by atoms with E-state index in [1.165, 1.54) is 30.3 Å². The summed E-state index contributed by atoms with van der Waals surface area (Å²) in [7, 11) is -4.54. The van der Waals surface area contributed by atoms with Crippen LogP contribution >= 0.6 is 0 Å². The van der Waals surface area contributed by atoms with Gasteiger partial charge in [-0.05, 0) is 6.07 Å². The summed E-state index contributed by atoms with van der Waals surface area (Å²) in [4.78, 5) is -0.538. The first-order valence-electron chi connectivity index (χ1n) is 5.41. The Morgan fingerprint density at radius 3 is 1.95 bits per heavy atom. The van der Waals surface area contributed by atoms with Gasteiger partial charge >= 0.3 is 0 Å². The predicted molar refractivity (Wildman–Crippen MR) is 67.9 cm³/mol. The summed E-state index contributed by atoms with van der Waals surface area (Å²) in [6, 6.07) is 12.9. The zero-order valence-electron chi connectivity index (χ0n) is 9.76. The summed E-state index contributed by atoms with van der Waals surface area (Å²) in [5.74, 6) is -2.51. The van der Waals surface area contributed by atoms with E-state index in [-0.39, 0.29) is 11.1 Å². The Morgan fingerprint density at radius 2 is 1.37 bits per heavy atom. The van der Waals surface area contributed by atoms with Crippen molar-refractivity contribution in [3.05, 3.63) is 65.7 Å². The summed E-state index contributed by atoms with van der Waals surface area (Å²) in [6.45, 7) is 0. The van der Waals surface area contributed by atoms with E-state index >= 15 is 0 Å². The Morgan fingerprint density at radius 1 is 0.842 bits per heavy atom. The molecule has 0 aliphatic rings. The normalized spacial score (nSPS) is 12.4. The van der Waals surface area contributed by atoms with Crippen LogP contribution in [0.5, 0.6) is 0 Å². The molecule has 3 N–H and O–H groups in total. The highest BCUT2D eigenvalue weighted by molar-refractivity contribution is 7.85. The van der Waals surface area contributed by atoms with Gasteiger partial charge in [0.25, 0.3) is 10.1 Å². The van der Waals surface area contributed by atoms with Gasteiger partial charge in [0.15, 0.2) is 0 Å². The highest BCUT2D eigenvalue weighted by Gasteiger charge is 2.33. The highest BCUT2D eigenvalue weighted by atomic mass is 32.2. The van der Waals surface area contributed by atoms with Crippen molar-refractivity contribution in [2.75, 3.05) is 0 Å². The molecule has 19 heavy (non-hydrogen) atoms. The molecule has 2 aromatic carbocycles. The molecular formula is C13H12O5S. The minimum Gasteiger partial charge on any atom is -0.358 e. The molecule has 2 aromatic rings. The van der Waals surface area contributed by atoms with Crippen molar-refractivity contribution in [3.63, 3.8) is 0 Å². The first-order chi connectivity index (χ1) is 8.83. The third-order valence-electron chi connectivity index (χ3n) is 2.72. The molecule has 2 rings (SSSR count). The molecule has 6 heteroatoms. The number of aliphatic hydroxyl groups is 2. The topological polar surface area (TPSA) is 94.8 Å². The van der Waals surface area contributed by atoms with Crippen LogP contribution in [0, 0.1) is 0 Å². The Bertz CT molecular complexity index is 677. The van der Waals surface area contributed by atoms with Crippen molar-refractivity contribution in [1.82, 2.24) is 0 Å². The molecule has 0 saturated carbocycles. The van der Waals surface area contributed by atoms with Gasteiger partial charge in [0, 0.05) is 11.1 Å². The molecule has 0 fully saturated rings. The molecule has 5 nitrogen and oxygen atoms in total. The largest absolute Gasteiger partial charge is 0.358 e. The molecule has 0 aromatic heterocycles. The smallest absolute Gasteiger partial charge is 0.295 e. The van der Waals surface area contributed by atoms with E-state index in [9.17, 15) is 18.6 Å². The van der Waals surface area contributed by atoms with Crippen LogP contribution in [0.4, 0.5) is 0 Å². The van der Waals surface area contributed by atoms with Gasteiger partial charge in [-0.25, -0.2) is 0 Å². The summed E-state index contributed by atoms with van der Waals surface area (Å²) in [6.07, 6.45) is 0. The Labute approximate surface area is 110 Å². The van der Waals surface area contributed by atoms with E-state index in [2.05, 4.69) is 0 Å². The number of benzene rings is 2. The van der Waals surface area contributed by atoms with Crippen LogP contribution in [0.1, 0.15) is 11.1 Å². The van der Waals surface area contributed by atoms with Gasteiger partial charge in [0.1, 0.15) is 4.90 Å². The van der Waals surface area contributed by atoms with Gasteiger partial charge in [-0.1, -0.05) is 48.5 Å². The van der Waals surface area contributed by atoms with E-state index in [0.29, 0.717) is 0 Å². The van der Waals surface area contributed by atoms with Gasteiger partial charge in [-0.15, -0.1) is 0 Å². The third kappa shape index (κ3) is 2.66. The fourth-order valence-corrected chi connectivity index (χ4v) is 2.54. The van der Waals surface area contributed by atoms with Gasteiger partial charge in [-0.2, -0.15) is 8.42 Å². The van der Waals surface area contributed by atoms with Crippen LogP contribution in [0.15, 0.2) is 59.5 Å². The van der Waals surface area contributed by atoms with Crippen LogP contribution in [0.3, 0.4) is 0 Å². The minimum atomic E-state index is -4.54. The van der Waals surface area contributed by atoms with Crippen molar-refractivity contribution in [3.8, 4) is 0 Å². The second-order valence-corrected chi connectivity index (χ2v) is 5.40. The average molecular weight is 280 g/mol. The Balaban J connectivity index is 2.66. The molecule has 0 saturated heterocycles. The lowest BCUT2D eigenvalue weighted by Gasteiger charge is -2.24. The minimum absolute atomic E-state index is 0.103. The molecule has 0 aliphatic carbocycles. The van der Waals surface area contributed by atoms with E-state index in [4.69, 9.17) is 4.55 Å². The SMILES string of the molecule is O=S(=O)(O)c1ccccc1C(O)(O)c1ccccc1. The van der Waals surface area contributed by atoms with Crippen molar-refractivity contribution in [2.45, 2.75) is 10.7 Å². The monoisotopic (exact) mass is 280 g/mol. The summed E-state index contributed by atoms with van der Waals surface area (Å²) < 4.78 is 31.7. The van der Waals surface area contributed by atoms with Crippen molar-refractivity contribution in [1.29, 1.82) is 0 Å². The first-order valence-corrected chi connectivity index (χ1v) is 6.85. The number of hydrogen-bond acceptors (Lipinski definition) is 4. The second-order valence-electron chi connectivity index (χ2n) is 4.01. The highest BCUT2D eigenvalue weighted by Crippen LogP contribution is 2.31. The lowest BCUT2D eigenvalue weighted by molar-refractivity contribution is -0.134. The van der Waals surface area contributed by atoms with Crippen LogP contribution in [0.25, 0.3) is 0 Å². The van der Waals surface area contributed by atoms with Crippen LogP contribution in [0.2, 0.25) is 0 Å². The molecule has 0 bridgehead atoms. The Hall–Kier alpha value is -1.73. The van der Waals surface area contributed by atoms with E-state index in [1.54, 1.807) is 18.2 Å². The second kappa shape index (κ2) is 4.75. The molecule has 100 valence electrons. The summed E-state index contributed by atoms with van der Waals surface area (Å²) in [5.41, 5.74) is -0.199. The maximum atomic E-state index is 11.3. The van der Waals surface area contributed by atoms with Crippen molar-refractivity contribution < 1.29 is 23.2 Å². The molecule has 0 aliphatic heterocycles. The zero-order valence-corrected chi connectivity index (χ0v) is 10.6. The quantitative estimate of drug-likeness (QED) is 0.578. The van der Waals surface area contributed by atoms with E-state index < -0.39 is 20.8 Å². The van der Waals surface area contributed by atoms with Crippen LogP contribution in [-0.2, 0) is 15.9 Å². The number of rotatable bonds is 3. The summed E-state index contributed by atoms with van der Waals surface area (Å²) >= 11 is 0. The lowest BCUT2D eigenvalue weighted by atomic mass is 9.98. The zero-order chi connectivity index (χ0) is 14.1. The molecule has 0 radical (unpaired) electrons. The van der Waals surface area contributed by atoms with Crippen molar-refractivity contribution >= 4 is 10.1 Å². The average Bonchev–Trinajstić information content (AvgIpc) is 2.39. The molecule has 0 heterocycles. The van der Waals surface area contributed by atoms with Crippen molar-refractivity contribution in [2.24, 2.45) is 0 Å². The van der Waals surface area contributed by atoms with E-state index in [1.807, 2.05) is 0 Å². The van der Waals surface area contributed by atoms with Gasteiger partial charge in [0.2, 0.25) is 5.79 Å². The van der Waals surface area contributed by atoms with Gasteiger partial charge in [-0.3, -0.25) is 4.55 Å².